The lowest BCUT2D eigenvalue weighted by molar-refractivity contribution is -0.138. The van der Waals surface area contributed by atoms with Crippen molar-refractivity contribution >= 4 is 22.4 Å². The van der Waals surface area contributed by atoms with Crippen molar-refractivity contribution in [2.45, 2.75) is 6.92 Å². The lowest BCUT2D eigenvalue weighted by atomic mass is 10.0. The van der Waals surface area contributed by atoms with Crippen molar-refractivity contribution in [3.05, 3.63) is 53.2 Å². The molecule has 3 aromatic rings. The molecule has 0 amide bonds. The highest BCUT2D eigenvalue weighted by Crippen LogP contribution is 2.32. The SMILES string of the molecule is COc1cc(NOC(C)=O)cc(-c2cn(C)c(=O)c3cnccc23)c1. The minimum absolute atomic E-state index is 0.118. The number of ether oxygens (including phenoxy) is 1. The van der Waals surface area contributed by atoms with Gasteiger partial charge in [0.05, 0.1) is 18.2 Å². The molecule has 7 heteroatoms. The number of methoxy groups -OCH3 is 1. The van der Waals surface area contributed by atoms with E-state index >= 15 is 0 Å². The molecule has 0 aliphatic rings. The van der Waals surface area contributed by atoms with Crippen molar-refractivity contribution in [2.24, 2.45) is 7.05 Å². The van der Waals surface area contributed by atoms with Crippen LogP contribution < -0.4 is 15.8 Å². The third-order valence-corrected chi connectivity index (χ3v) is 3.75. The zero-order valence-electron chi connectivity index (χ0n) is 14.1. The maximum absolute atomic E-state index is 12.3. The number of aryl methyl sites for hydroxylation is 1. The molecular weight excluding hydrogens is 322 g/mol. The second-order valence-electron chi connectivity index (χ2n) is 5.53. The number of hydrogen-bond acceptors (Lipinski definition) is 6. The summed E-state index contributed by atoms with van der Waals surface area (Å²) in [4.78, 5) is 32.2. The van der Waals surface area contributed by atoms with E-state index in [2.05, 4.69) is 10.5 Å². The van der Waals surface area contributed by atoms with Crippen molar-refractivity contribution in [1.29, 1.82) is 0 Å². The molecule has 1 N–H and O–H groups in total. The number of carbonyl (C=O) groups is 1. The van der Waals surface area contributed by atoms with Crippen LogP contribution in [-0.2, 0) is 16.7 Å². The molecule has 0 aliphatic carbocycles. The number of fused-ring (bicyclic) bond motifs is 1. The molecule has 0 fully saturated rings. The van der Waals surface area contributed by atoms with Gasteiger partial charge in [-0.2, -0.15) is 0 Å². The first-order valence-corrected chi connectivity index (χ1v) is 7.56. The molecule has 0 saturated carbocycles. The highest BCUT2D eigenvalue weighted by molar-refractivity contribution is 5.96. The molecule has 128 valence electrons. The van der Waals surface area contributed by atoms with Crippen LogP contribution in [0.25, 0.3) is 21.9 Å². The highest BCUT2D eigenvalue weighted by Gasteiger charge is 2.11. The normalized spacial score (nSPS) is 10.5. The topological polar surface area (TPSA) is 82.5 Å². The summed E-state index contributed by atoms with van der Waals surface area (Å²) >= 11 is 0. The van der Waals surface area contributed by atoms with E-state index in [0.717, 1.165) is 16.5 Å². The summed E-state index contributed by atoms with van der Waals surface area (Å²) in [5, 5.41) is 1.31. The van der Waals surface area contributed by atoms with Crippen LogP contribution in [0.4, 0.5) is 5.69 Å². The minimum atomic E-state index is -0.456. The second-order valence-corrected chi connectivity index (χ2v) is 5.53. The van der Waals surface area contributed by atoms with Crippen LogP contribution in [0, 0.1) is 0 Å². The second kappa shape index (κ2) is 6.64. The first-order valence-electron chi connectivity index (χ1n) is 7.56. The summed E-state index contributed by atoms with van der Waals surface area (Å²) in [6, 6.07) is 7.16. The lowest BCUT2D eigenvalue weighted by Crippen LogP contribution is -2.16. The maximum atomic E-state index is 12.3. The van der Waals surface area contributed by atoms with Gasteiger partial charge in [-0.3, -0.25) is 14.6 Å². The van der Waals surface area contributed by atoms with Gasteiger partial charge in [-0.05, 0) is 29.1 Å². The fourth-order valence-corrected chi connectivity index (χ4v) is 2.60. The first kappa shape index (κ1) is 16.5. The van der Waals surface area contributed by atoms with Crippen LogP contribution in [0.15, 0.2) is 47.7 Å². The Kier molecular flexibility index (Phi) is 4.38. The minimum Gasteiger partial charge on any atom is -0.497 e. The van der Waals surface area contributed by atoms with Crippen molar-refractivity contribution in [3.63, 3.8) is 0 Å². The van der Waals surface area contributed by atoms with E-state index in [1.54, 1.807) is 44.9 Å². The number of aromatic nitrogens is 2. The molecule has 0 saturated heterocycles. The van der Waals surface area contributed by atoms with Crippen LogP contribution >= 0.6 is 0 Å². The van der Waals surface area contributed by atoms with Gasteiger partial charge in [0.1, 0.15) is 5.75 Å². The number of nitrogens with one attached hydrogen (secondary N) is 1. The predicted molar refractivity (Wildman–Crippen MR) is 94.4 cm³/mol. The molecule has 2 aromatic heterocycles. The number of benzene rings is 1. The Morgan fingerprint density at radius 1 is 1.24 bits per heavy atom. The highest BCUT2D eigenvalue weighted by atomic mass is 16.7. The smallest absolute Gasteiger partial charge is 0.329 e. The van der Waals surface area contributed by atoms with Crippen LogP contribution in [-0.4, -0.2) is 22.6 Å². The van der Waals surface area contributed by atoms with Crippen molar-refractivity contribution in [3.8, 4) is 16.9 Å². The van der Waals surface area contributed by atoms with E-state index in [1.807, 2.05) is 12.1 Å². The Balaban J connectivity index is 2.20. The van der Waals surface area contributed by atoms with Crippen molar-refractivity contribution in [2.75, 3.05) is 12.6 Å². The summed E-state index contributed by atoms with van der Waals surface area (Å²) in [6.45, 7) is 1.31. The van der Waals surface area contributed by atoms with Crippen LogP contribution in [0.5, 0.6) is 5.75 Å². The summed E-state index contributed by atoms with van der Waals surface area (Å²) in [5.41, 5.74) is 4.67. The van der Waals surface area contributed by atoms with Crippen LogP contribution in [0.3, 0.4) is 0 Å². The Hall–Kier alpha value is -3.35. The number of rotatable bonds is 4. The third-order valence-electron chi connectivity index (χ3n) is 3.75. The average molecular weight is 339 g/mol. The van der Waals surface area contributed by atoms with Crippen molar-refractivity contribution in [1.82, 2.24) is 9.55 Å². The van der Waals surface area contributed by atoms with Gasteiger partial charge in [0.2, 0.25) is 0 Å². The van der Waals surface area contributed by atoms with E-state index < -0.39 is 5.97 Å². The van der Waals surface area contributed by atoms with E-state index in [9.17, 15) is 9.59 Å². The van der Waals surface area contributed by atoms with Gasteiger partial charge in [-0.25, -0.2) is 5.48 Å². The number of hydrogen-bond donors (Lipinski definition) is 1. The molecule has 0 aliphatic heterocycles. The van der Waals surface area contributed by atoms with Crippen molar-refractivity contribution < 1.29 is 14.4 Å². The summed E-state index contributed by atoms with van der Waals surface area (Å²) in [5.74, 6) is 0.131. The van der Waals surface area contributed by atoms with E-state index in [-0.39, 0.29) is 5.56 Å². The quantitative estimate of drug-likeness (QED) is 0.736. The summed E-state index contributed by atoms with van der Waals surface area (Å²) < 4.78 is 6.84. The standard InChI is InChI=1S/C18H17N3O4/c1-11(22)25-20-13-6-12(7-14(8-13)24-3)17-10-21(2)18(23)16-9-19-5-4-15(16)17/h4-10,20H,1-3H3. The largest absolute Gasteiger partial charge is 0.497 e. The molecule has 0 radical (unpaired) electrons. The van der Waals surface area contributed by atoms with E-state index in [0.29, 0.717) is 16.8 Å². The Morgan fingerprint density at radius 3 is 2.76 bits per heavy atom. The number of carbonyl (C=O) groups excluding carboxylic acids is 1. The molecule has 0 spiro atoms. The zero-order valence-corrected chi connectivity index (χ0v) is 14.1. The monoisotopic (exact) mass is 339 g/mol. The summed E-state index contributed by atoms with van der Waals surface area (Å²) in [7, 11) is 3.24. The molecule has 25 heavy (non-hydrogen) atoms. The maximum Gasteiger partial charge on any atom is 0.329 e. The van der Waals surface area contributed by atoms with E-state index in [4.69, 9.17) is 9.57 Å². The Bertz CT molecular complexity index is 1010. The molecule has 2 heterocycles. The van der Waals surface area contributed by atoms with Gasteiger partial charge >= 0.3 is 5.97 Å². The molecule has 3 rings (SSSR count). The number of nitrogens with zero attached hydrogens (tertiary/aromatic N) is 2. The van der Waals surface area contributed by atoms with Gasteiger partial charge in [-0.1, -0.05) is 0 Å². The van der Waals surface area contributed by atoms with Gasteiger partial charge in [0, 0.05) is 44.2 Å². The van der Waals surface area contributed by atoms with Gasteiger partial charge in [0.15, 0.2) is 0 Å². The number of anilines is 1. The number of pyridine rings is 2. The summed E-state index contributed by atoms with van der Waals surface area (Å²) in [6.07, 6.45) is 4.96. The van der Waals surface area contributed by atoms with Gasteiger partial charge in [0.25, 0.3) is 5.56 Å². The zero-order chi connectivity index (χ0) is 18.0. The Morgan fingerprint density at radius 2 is 2.04 bits per heavy atom. The fourth-order valence-electron chi connectivity index (χ4n) is 2.60. The average Bonchev–Trinajstić information content (AvgIpc) is 2.62. The fraction of sp³-hybridized carbons (Fsp3) is 0.167. The molecule has 0 bridgehead atoms. The molecule has 7 nitrogen and oxygen atoms in total. The molecule has 0 unspecified atom stereocenters. The lowest BCUT2D eigenvalue weighted by Gasteiger charge is -2.13. The van der Waals surface area contributed by atoms with Gasteiger partial charge in [-0.15, -0.1) is 0 Å². The third kappa shape index (κ3) is 3.30. The van der Waals surface area contributed by atoms with Gasteiger partial charge < -0.3 is 14.1 Å². The molecule has 0 atom stereocenters. The predicted octanol–water partition coefficient (Wildman–Crippen LogP) is 2.50. The van der Waals surface area contributed by atoms with Crippen LogP contribution in [0.1, 0.15) is 6.92 Å². The van der Waals surface area contributed by atoms with E-state index in [1.165, 1.54) is 11.5 Å². The molecule has 1 aromatic carbocycles. The van der Waals surface area contributed by atoms with Crippen LogP contribution in [0.2, 0.25) is 0 Å². The first-order chi connectivity index (χ1) is 12.0. The Labute approximate surface area is 143 Å². The molecular formula is C18H17N3O4.